The third-order valence-electron chi connectivity index (χ3n) is 4.79. The smallest absolute Gasteiger partial charge is 0.339 e. The molecule has 2 aromatic heterocycles. The monoisotopic (exact) mass is 485 g/mol. The largest absolute Gasteiger partial charge is 0.467 e. The van der Waals surface area contributed by atoms with Crippen LogP contribution in [-0.2, 0) is 34.4 Å². The Labute approximate surface area is 195 Å². The average Bonchev–Trinajstić information content (AvgIpc) is 3.49. The minimum atomic E-state index is -4.09. The first-order chi connectivity index (χ1) is 15.9. The molecule has 170 valence electrons. The third kappa shape index (κ3) is 6.09. The highest BCUT2D eigenvalue weighted by Gasteiger charge is 2.19. The van der Waals surface area contributed by atoms with Gasteiger partial charge in [-0.2, -0.15) is 8.42 Å². The van der Waals surface area contributed by atoms with Gasteiger partial charge >= 0.3 is 10.1 Å². The second kappa shape index (κ2) is 10.0. The molecule has 0 fully saturated rings. The van der Waals surface area contributed by atoms with Crippen LogP contribution in [0.2, 0.25) is 0 Å². The maximum absolute atomic E-state index is 13.1. The quantitative estimate of drug-likeness (QED) is 0.311. The number of thiophene rings is 1. The van der Waals surface area contributed by atoms with Crippen molar-refractivity contribution in [3.63, 3.8) is 0 Å². The van der Waals surface area contributed by atoms with Crippen molar-refractivity contribution in [3.8, 4) is 5.75 Å². The Morgan fingerprint density at radius 2 is 1.73 bits per heavy atom. The van der Waals surface area contributed by atoms with Gasteiger partial charge in [-0.25, -0.2) is 4.39 Å². The second-order valence-electron chi connectivity index (χ2n) is 7.22. The van der Waals surface area contributed by atoms with Crippen LogP contribution < -0.4 is 4.18 Å². The van der Waals surface area contributed by atoms with Crippen LogP contribution in [0.3, 0.4) is 0 Å². The highest BCUT2D eigenvalue weighted by atomic mass is 32.2. The maximum atomic E-state index is 13.1. The molecule has 0 aliphatic heterocycles. The Kier molecular flexibility index (Phi) is 6.90. The number of nitrogens with zero attached hydrogens (tertiary/aromatic N) is 1. The van der Waals surface area contributed by atoms with Gasteiger partial charge in [-0.15, -0.1) is 11.3 Å². The number of carbonyl (C=O) groups excluding carboxylic acids is 1. The summed E-state index contributed by atoms with van der Waals surface area (Å²) in [7, 11) is -4.09. The summed E-state index contributed by atoms with van der Waals surface area (Å²) in [5, 5.41) is 1.93. The summed E-state index contributed by atoms with van der Waals surface area (Å²) >= 11 is 1.52. The Morgan fingerprint density at radius 3 is 2.36 bits per heavy atom. The van der Waals surface area contributed by atoms with Gasteiger partial charge in [-0.3, -0.25) is 4.79 Å². The fraction of sp³-hybridized carbons (Fsp3) is 0.125. The van der Waals surface area contributed by atoms with E-state index < -0.39 is 15.9 Å². The van der Waals surface area contributed by atoms with E-state index in [1.807, 2.05) is 23.6 Å². The molecule has 4 aromatic rings. The molecule has 0 radical (unpaired) electrons. The molecule has 0 N–H and O–H groups in total. The molecule has 0 bridgehead atoms. The van der Waals surface area contributed by atoms with Crippen molar-refractivity contribution in [2.24, 2.45) is 0 Å². The SMILES string of the molecule is O=C(Cc1cccs1)N(Cc1ccc(OS(=O)(=O)c2ccc(F)cc2)cc1)Cc1ccco1. The molecule has 6 nitrogen and oxygen atoms in total. The molecule has 2 aromatic carbocycles. The average molecular weight is 486 g/mol. The molecular weight excluding hydrogens is 465 g/mol. The number of rotatable bonds is 9. The third-order valence-corrected chi connectivity index (χ3v) is 6.93. The summed E-state index contributed by atoms with van der Waals surface area (Å²) in [5.74, 6) is 0.199. The molecule has 0 saturated carbocycles. The van der Waals surface area contributed by atoms with Crippen LogP contribution >= 0.6 is 11.3 Å². The van der Waals surface area contributed by atoms with E-state index in [0.29, 0.717) is 18.8 Å². The Bertz CT molecular complexity index is 1280. The van der Waals surface area contributed by atoms with Crippen molar-refractivity contribution in [3.05, 3.63) is 106 Å². The highest BCUT2D eigenvalue weighted by molar-refractivity contribution is 7.87. The molecule has 0 unspecified atom stereocenters. The van der Waals surface area contributed by atoms with E-state index in [0.717, 1.165) is 34.7 Å². The fourth-order valence-corrected chi connectivity index (χ4v) is 4.77. The van der Waals surface area contributed by atoms with Crippen LogP contribution in [0.5, 0.6) is 5.75 Å². The van der Waals surface area contributed by atoms with E-state index in [1.54, 1.807) is 29.4 Å². The summed E-state index contributed by atoms with van der Waals surface area (Å²) in [4.78, 5) is 15.5. The summed E-state index contributed by atoms with van der Waals surface area (Å²) in [6.45, 7) is 0.629. The molecule has 0 saturated heterocycles. The van der Waals surface area contributed by atoms with E-state index in [-0.39, 0.29) is 23.0 Å². The van der Waals surface area contributed by atoms with Crippen LogP contribution in [-0.4, -0.2) is 19.2 Å². The van der Waals surface area contributed by atoms with Gasteiger partial charge in [-0.05, 0) is 65.5 Å². The lowest BCUT2D eigenvalue weighted by Gasteiger charge is -2.22. The first-order valence-electron chi connectivity index (χ1n) is 10.0. The van der Waals surface area contributed by atoms with Crippen molar-refractivity contribution in [2.45, 2.75) is 24.4 Å². The van der Waals surface area contributed by atoms with Crippen molar-refractivity contribution in [1.29, 1.82) is 0 Å². The number of amides is 1. The fourth-order valence-electron chi connectivity index (χ4n) is 3.14. The van der Waals surface area contributed by atoms with Gasteiger partial charge in [0.25, 0.3) is 0 Å². The first kappa shape index (κ1) is 22.8. The lowest BCUT2D eigenvalue weighted by molar-refractivity contribution is -0.131. The molecule has 0 atom stereocenters. The highest BCUT2D eigenvalue weighted by Crippen LogP contribution is 2.21. The van der Waals surface area contributed by atoms with E-state index in [1.165, 1.54) is 23.5 Å². The van der Waals surface area contributed by atoms with Gasteiger partial charge in [0.15, 0.2) is 0 Å². The maximum Gasteiger partial charge on any atom is 0.339 e. The lowest BCUT2D eigenvalue weighted by Crippen LogP contribution is -2.31. The number of hydrogen-bond donors (Lipinski definition) is 0. The van der Waals surface area contributed by atoms with Crippen LogP contribution in [0.25, 0.3) is 0 Å². The molecular formula is C24H20FNO5S2. The number of benzene rings is 2. The minimum absolute atomic E-state index is 0.0481. The Morgan fingerprint density at radius 1 is 0.970 bits per heavy atom. The first-order valence-corrected chi connectivity index (χ1v) is 12.3. The number of furan rings is 1. The predicted octanol–water partition coefficient (Wildman–Crippen LogP) is 5.02. The standard InChI is InChI=1S/C24H20FNO5S2/c25-19-7-11-23(12-8-19)33(28,29)31-20-9-5-18(6-10-20)16-26(17-21-3-1-13-30-21)24(27)15-22-4-2-14-32-22/h1-14H,15-17H2. The zero-order chi connectivity index (χ0) is 23.3. The van der Waals surface area contributed by atoms with Gasteiger partial charge in [0.1, 0.15) is 22.2 Å². The van der Waals surface area contributed by atoms with Crippen molar-refractivity contribution < 1.29 is 26.2 Å². The zero-order valence-electron chi connectivity index (χ0n) is 17.4. The van der Waals surface area contributed by atoms with Crippen LogP contribution in [0, 0.1) is 5.82 Å². The van der Waals surface area contributed by atoms with E-state index in [2.05, 4.69) is 0 Å². The predicted molar refractivity (Wildman–Crippen MR) is 122 cm³/mol. The summed E-state index contributed by atoms with van der Waals surface area (Å²) in [6, 6.07) is 18.2. The molecule has 33 heavy (non-hydrogen) atoms. The van der Waals surface area contributed by atoms with Gasteiger partial charge in [-0.1, -0.05) is 18.2 Å². The summed E-state index contributed by atoms with van der Waals surface area (Å²) < 4.78 is 48.4. The zero-order valence-corrected chi connectivity index (χ0v) is 19.0. The van der Waals surface area contributed by atoms with Gasteiger partial charge in [0.05, 0.1) is 19.2 Å². The Hall–Kier alpha value is -3.43. The van der Waals surface area contributed by atoms with E-state index in [9.17, 15) is 17.6 Å². The van der Waals surface area contributed by atoms with E-state index in [4.69, 9.17) is 8.60 Å². The molecule has 0 aliphatic rings. The molecule has 0 aliphatic carbocycles. The Balaban J connectivity index is 1.46. The molecule has 9 heteroatoms. The van der Waals surface area contributed by atoms with Crippen molar-refractivity contribution in [1.82, 2.24) is 4.90 Å². The number of halogens is 1. The molecule has 1 amide bonds. The lowest BCUT2D eigenvalue weighted by atomic mass is 10.2. The molecule has 0 spiro atoms. The van der Waals surface area contributed by atoms with Crippen molar-refractivity contribution >= 4 is 27.4 Å². The van der Waals surface area contributed by atoms with Gasteiger partial charge in [0, 0.05) is 11.4 Å². The number of hydrogen-bond acceptors (Lipinski definition) is 6. The van der Waals surface area contributed by atoms with Crippen LogP contribution in [0.1, 0.15) is 16.2 Å². The molecule has 2 heterocycles. The minimum Gasteiger partial charge on any atom is -0.467 e. The summed E-state index contributed by atoms with van der Waals surface area (Å²) in [6.07, 6.45) is 1.85. The number of carbonyl (C=O) groups is 1. The summed E-state index contributed by atoms with van der Waals surface area (Å²) in [5.41, 5.74) is 0.799. The van der Waals surface area contributed by atoms with Gasteiger partial charge < -0.3 is 13.5 Å². The van der Waals surface area contributed by atoms with Crippen molar-refractivity contribution in [2.75, 3.05) is 0 Å². The van der Waals surface area contributed by atoms with Gasteiger partial charge in [0.2, 0.25) is 5.91 Å². The van der Waals surface area contributed by atoms with E-state index >= 15 is 0 Å². The topological polar surface area (TPSA) is 76.8 Å². The second-order valence-corrected chi connectivity index (χ2v) is 9.80. The molecule has 4 rings (SSSR count). The van der Waals surface area contributed by atoms with Crippen LogP contribution in [0.15, 0.2) is 93.8 Å². The normalized spacial score (nSPS) is 11.3. The van der Waals surface area contributed by atoms with Crippen LogP contribution in [0.4, 0.5) is 4.39 Å².